The highest BCUT2D eigenvalue weighted by Crippen LogP contribution is 2.70. The number of ether oxygens (including phenoxy) is 1. The Bertz CT molecular complexity index is 1330. The Kier molecular flexibility index (Phi) is 4.53. The summed E-state index contributed by atoms with van der Waals surface area (Å²) in [6.07, 6.45) is 5.52. The largest absolute Gasteiger partial charge is 0.389 e. The number of hydrogen-bond donors (Lipinski definition) is 3. The summed E-state index contributed by atoms with van der Waals surface area (Å²) >= 11 is 0. The average molecular weight is 494 g/mol. The second-order valence-corrected chi connectivity index (χ2v) is 12.5. The van der Waals surface area contributed by atoms with Gasteiger partial charge in [0.25, 0.3) is 0 Å². The van der Waals surface area contributed by atoms with Crippen LogP contribution in [0.25, 0.3) is 16.6 Å². The fourth-order valence-electron chi connectivity index (χ4n) is 8.74. The molecule has 0 amide bonds. The van der Waals surface area contributed by atoms with Gasteiger partial charge in [0.2, 0.25) is 0 Å². The van der Waals surface area contributed by atoms with Crippen LogP contribution >= 0.6 is 0 Å². The number of aromatic nitrogens is 2. The number of imidazole rings is 1. The van der Waals surface area contributed by atoms with Crippen molar-refractivity contribution in [3.05, 3.63) is 47.3 Å². The molecular weight excluding hydrogens is 457 g/mol. The SMILES string of the molecule is Cc1nc2ccc(C3=CCC4C3(C)CC=C3CC5(F)C(O)C(O)C(N(C)C)CC56CCC34O6)cc2[nH]1. The maximum absolute atomic E-state index is 16.9. The second kappa shape index (κ2) is 7.07. The molecule has 2 saturated heterocycles. The van der Waals surface area contributed by atoms with Crippen molar-refractivity contribution in [3.8, 4) is 0 Å². The number of nitrogens with zero attached hydrogens (tertiary/aromatic N) is 2. The van der Waals surface area contributed by atoms with Gasteiger partial charge in [-0.15, -0.1) is 0 Å². The standard InChI is InChI=1S/C29H36FN3O3/c1-16-31-20-7-5-17(13-21(20)32-16)19-6-8-23-26(19,2)10-9-18-14-29(30)25(35)24(34)22(33(3)4)15-27(29)11-12-28(18,23)36-27/h5-7,9,13,22-25,34-35H,8,10-12,14-15H2,1-4H3,(H,31,32). The van der Waals surface area contributed by atoms with Crippen molar-refractivity contribution in [1.29, 1.82) is 0 Å². The third-order valence-electron chi connectivity index (χ3n) is 10.6. The molecule has 0 radical (unpaired) electrons. The number of hydrogen-bond acceptors (Lipinski definition) is 5. The fourth-order valence-corrected chi connectivity index (χ4v) is 8.74. The maximum Gasteiger partial charge on any atom is 0.171 e. The number of aromatic amines is 1. The van der Waals surface area contributed by atoms with Crippen LogP contribution in [-0.2, 0) is 4.74 Å². The van der Waals surface area contributed by atoms with Gasteiger partial charge in [-0.1, -0.05) is 25.1 Å². The van der Waals surface area contributed by atoms with E-state index in [9.17, 15) is 10.2 Å². The Hall–Kier alpha value is -2.06. The number of halogens is 1. The lowest BCUT2D eigenvalue weighted by Crippen LogP contribution is -2.73. The van der Waals surface area contributed by atoms with Crippen LogP contribution in [-0.4, -0.2) is 74.3 Å². The van der Waals surface area contributed by atoms with Gasteiger partial charge in [-0.25, -0.2) is 9.37 Å². The Labute approximate surface area is 211 Å². The van der Waals surface area contributed by atoms with Crippen LogP contribution in [0.3, 0.4) is 0 Å². The molecule has 2 bridgehead atoms. The van der Waals surface area contributed by atoms with Crippen molar-refractivity contribution in [2.45, 2.75) is 87.5 Å². The van der Waals surface area contributed by atoms with Crippen LogP contribution in [0.15, 0.2) is 35.9 Å². The Morgan fingerprint density at radius 3 is 2.78 bits per heavy atom. The molecule has 192 valence electrons. The topological polar surface area (TPSA) is 81.6 Å². The van der Waals surface area contributed by atoms with Gasteiger partial charge < -0.3 is 24.8 Å². The number of benzene rings is 1. The van der Waals surface area contributed by atoms with Gasteiger partial charge in [0.05, 0.1) is 22.7 Å². The zero-order valence-corrected chi connectivity index (χ0v) is 21.5. The first kappa shape index (κ1) is 23.1. The van der Waals surface area contributed by atoms with Crippen LogP contribution in [0.5, 0.6) is 0 Å². The number of rotatable bonds is 2. The van der Waals surface area contributed by atoms with E-state index in [1.165, 1.54) is 11.1 Å². The number of aryl methyl sites for hydroxylation is 1. The highest BCUT2D eigenvalue weighted by molar-refractivity contribution is 5.83. The number of aliphatic hydroxyl groups excluding tert-OH is 2. The highest BCUT2D eigenvalue weighted by Gasteiger charge is 2.76. The van der Waals surface area contributed by atoms with Gasteiger partial charge >= 0.3 is 0 Å². The van der Waals surface area contributed by atoms with Crippen molar-refractivity contribution in [1.82, 2.24) is 14.9 Å². The van der Waals surface area contributed by atoms with Gasteiger partial charge in [0.15, 0.2) is 5.67 Å². The van der Waals surface area contributed by atoms with Crippen LogP contribution in [0.1, 0.15) is 56.8 Å². The molecule has 3 N–H and O–H groups in total. The lowest BCUT2D eigenvalue weighted by Gasteiger charge is -2.61. The Balaban J connectivity index is 1.29. The van der Waals surface area contributed by atoms with E-state index in [4.69, 9.17) is 4.74 Å². The molecule has 3 fully saturated rings. The minimum Gasteiger partial charge on any atom is -0.389 e. The molecule has 8 atom stereocenters. The number of aliphatic hydroxyl groups is 2. The van der Waals surface area contributed by atoms with Gasteiger partial charge in [-0.2, -0.15) is 0 Å². The van der Waals surface area contributed by atoms with E-state index in [1.807, 2.05) is 25.9 Å². The molecule has 2 spiro atoms. The summed E-state index contributed by atoms with van der Waals surface area (Å²) in [5.41, 5.74) is 1.85. The van der Waals surface area contributed by atoms with E-state index in [1.54, 1.807) is 0 Å². The van der Waals surface area contributed by atoms with Crippen molar-refractivity contribution < 1.29 is 19.3 Å². The summed E-state index contributed by atoms with van der Waals surface area (Å²) in [6, 6.07) is 6.12. The molecule has 2 aromatic rings. The second-order valence-electron chi connectivity index (χ2n) is 12.5. The number of fused-ring (bicyclic) bond motifs is 2. The Morgan fingerprint density at radius 1 is 1.19 bits per heavy atom. The quantitative estimate of drug-likeness (QED) is 0.550. The molecule has 8 unspecified atom stereocenters. The van der Waals surface area contributed by atoms with Crippen LogP contribution in [0.2, 0.25) is 0 Å². The van der Waals surface area contributed by atoms with Crippen LogP contribution in [0, 0.1) is 18.3 Å². The maximum atomic E-state index is 16.9. The molecular formula is C29H36FN3O3. The van der Waals surface area contributed by atoms with E-state index in [-0.39, 0.29) is 23.8 Å². The number of likely N-dealkylation sites (N-methyl/N-ethyl adjacent to an activating group) is 1. The summed E-state index contributed by atoms with van der Waals surface area (Å²) in [6.45, 7) is 4.32. The molecule has 6 nitrogen and oxygen atoms in total. The highest BCUT2D eigenvalue weighted by atomic mass is 19.1. The zero-order valence-electron chi connectivity index (χ0n) is 21.5. The number of H-pyrrole nitrogens is 1. The molecule has 1 aromatic carbocycles. The normalized spacial score (nSPS) is 45.3. The van der Waals surface area contributed by atoms with Crippen LogP contribution in [0.4, 0.5) is 4.39 Å². The molecule has 1 saturated carbocycles. The molecule has 3 heterocycles. The number of nitrogens with one attached hydrogen (secondary N) is 1. The average Bonchev–Trinajstić information content (AvgIpc) is 3.49. The third kappa shape index (κ3) is 2.62. The van der Waals surface area contributed by atoms with E-state index in [0.717, 1.165) is 41.7 Å². The minimum atomic E-state index is -1.98. The fraction of sp³-hybridized carbons (Fsp3) is 0.621. The first-order valence-corrected chi connectivity index (χ1v) is 13.3. The first-order chi connectivity index (χ1) is 17.0. The predicted molar refractivity (Wildman–Crippen MR) is 136 cm³/mol. The van der Waals surface area contributed by atoms with Crippen molar-refractivity contribution in [2.75, 3.05) is 14.1 Å². The van der Waals surface area contributed by atoms with E-state index < -0.39 is 29.1 Å². The third-order valence-corrected chi connectivity index (χ3v) is 10.6. The predicted octanol–water partition coefficient (Wildman–Crippen LogP) is 4.07. The van der Waals surface area contributed by atoms with Gasteiger partial charge in [0.1, 0.15) is 17.5 Å². The molecule has 7 heteroatoms. The van der Waals surface area contributed by atoms with Crippen molar-refractivity contribution in [2.24, 2.45) is 11.3 Å². The summed E-state index contributed by atoms with van der Waals surface area (Å²) in [4.78, 5) is 9.82. The summed E-state index contributed by atoms with van der Waals surface area (Å²) in [7, 11) is 3.76. The lowest BCUT2D eigenvalue weighted by atomic mass is 9.56. The van der Waals surface area contributed by atoms with Crippen LogP contribution < -0.4 is 0 Å². The van der Waals surface area contributed by atoms with Crippen molar-refractivity contribution in [3.63, 3.8) is 0 Å². The monoisotopic (exact) mass is 493 g/mol. The van der Waals surface area contributed by atoms with Gasteiger partial charge in [-0.05, 0) is 82.0 Å². The number of allylic oxidation sites excluding steroid dienone is 3. The summed E-state index contributed by atoms with van der Waals surface area (Å²) in [5.74, 6) is 1.12. The first-order valence-electron chi connectivity index (χ1n) is 13.3. The summed E-state index contributed by atoms with van der Waals surface area (Å²) < 4.78 is 23.9. The van der Waals surface area contributed by atoms with E-state index >= 15 is 4.39 Å². The van der Waals surface area contributed by atoms with Gasteiger partial charge in [0, 0.05) is 23.8 Å². The van der Waals surface area contributed by atoms with E-state index in [2.05, 4.69) is 47.2 Å². The van der Waals surface area contributed by atoms with E-state index in [0.29, 0.717) is 12.8 Å². The Morgan fingerprint density at radius 2 is 2.00 bits per heavy atom. The molecule has 36 heavy (non-hydrogen) atoms. The zero-order chi connectivity index (χ0) is 25.3. The molecule has 3 aliphatic carbocycles. The minimum absolute atomic E-state index is 0.123. The lowest BCUT2D eigenvalue weighted by molar-refractivity contribution is -0.282. The smallest absolute Gasteiger partial charge is 0.171 e. The molecule has 7 rings (SSSR count). The van der Waals surface area contributed by atoms with Crippen molar-refractivity contribution >= 4 is 16.6 Å². The number of alkyl halides is 1. The van der Waals surface area contributed by atoms with Gasteiger partial charge in [-0.3, -0.25) is 0 Å². The summed E-state index contributed by atoms with van der Waals surface area (Å²) in [5, 5.41) is 21.9. The molecule has 1 aromatic heterocycles. The molecule has 2 aliphatic heterocycles. The molecule has 5 aliphatic rings.